The minimum absolute atomic E-state index is 0.405. The first kappa shape index (κ1) is 21.0. The van der Waals surface area contributed by atoms with Crippen molar-refractivity contribution in [2.24, 2.45) is 10.7 Å². The van der Waals surface area contributed by atoms with Gasteiger partial charge < -0.3 is 10.5 Å². The Morgan fingerprint density at radius 3 is 2.36 bits per heavy atom. The van der Waals surface area contributed by atoms with Crippen molar-refractivity contribution < 1.29 is 4.74 Å². The number of nitrogens with two attached hydrogens (primary N) is 1. The highest BCUT2D eigenvalue weighted by molar-refractivity contribution is 7.99. The molecule has 6 heteroatoms. The van der Waals surface area contributed by atoms with Gasteiger partial charge in [-0.05, 0) is 43.3 Å². The molecule has 142 valence electrons. The summed E-state index contributed by atoms with van der Waals surface area (Å²) >= 11 is 1.53. The number of amidine groups is 1. The van der Waals surface area contributed by atoms with Crippen LogP contribution in [0.5, 0.6) is 11.5 Å². The summed E-state index contributed by atoms with van der Waals surface area (Å²) < 4.78 is 5.94. The molecule has 0 aliphatic carbocycles. The zero-order chi connectivity index (χ0) is 20.4. The molecule has 2 aromatic carbocycles. The summed E-state index contributed by atoms with van der Waals surface area (Å²) in [6.45, 7) is 5.70. The van der Waals surface area contributed by atoms with Crippen molar-refractivity contribution in [2.45, 2.75) is 30.6 Å². The number of ether oxygens (including phenoxy) is 1. The van der Waals surface area contributed by atoms with Crippen molar-refractivity contribution in [3.8, 4) is 17.6 Å². The van der Waals surface area contributed by atoms with Crippen LogP contribution in [0.4, 0.5) is 5.82 Å². The largest absolute Gasteiger partial charge is 0.453 e. The average molecular weight is 391 g/mol. The fourth-order valence-electron chi connectivity index (χ4n) is 2.15. The molecular weight excluding hydrogens is 368 g/mol. The molecule has 0 fully saturated rings. The van der Waals surface area contributed by atoms with E-state index in [0.717, 1.165) is 9.79 Å². The highest BCUT2D eigenvalue weighted by Crippen LogP contribution is 2.36. The SMILES string of the molecule is C/C(N)=N\c1ncc(Sc2ccc(C#N)cc2)cc1Oc1ccccc1.CC. The summed E-state index contributed by atoms with van der Waals surface area (Å²) in [5.74, 6) is 2.06. The highest BCUT2D eigenvalue weighted by atomic mass is 32.2. The fourth-order valence-corrected chi connectivity index (χ4v) is 2.97. The normalized spacial score (nSPS) is 10.4. The molecule has 3 aromatic rings. The zero-order valence-corrected chi connectivity index (χ0v) is 16.9. The van der Waals surface area contributed by atoms with Crippen molar-refractivity contribution in [2.75, 3.05) is 0 Å². The van der Waals surface area contributed by atoms with E-state index in [9.17, 15) is 0 Å². The number of rotatable bonds is 5. The lowest BCUT2D eigenvalue weighted by atomic mass is 10.2. The first-order chi connectivity index (χ1) is 13.6. The average Bonchev–Trinajstić information content (AvgIpc) is 2.72. The number of nitrogens with zero attached hydrogens (tertiary/aromatic N) is 3. The quantitative estimate of drug-likeness (QED) is 0.431. The van der Waals surface area contributed by atoms with Gasteiger partial charge in [0.05, 0.1) is 17.5 Å². The molecule has 0 saturated carbocycles. The number of aliphatic imine (C=N–C) groups is 1. The van der Waals surface area contributed by atoms with E-state index in [0.29, 0.717) is 28.7 Å². The number of hydrogen-bond donors (Lipinski definition) is 1. The molecule has 0 unspecified atom stereocenters. The molecule has 0 aliphatic heterocycles. The third-order valence-corrected chi connectivity index (χ3v) is 4.25. The molecule has 0 atom stereocenters. The van der Waals surface area contributed by atoms with Gasteiger partial charge in [0.15, 0.2) is 11.6 Å². The van der Waals surface area contributed by atoms with Gasteiger partial charge in [-0.25, -0.2) is 9.98 Å². The molecule has 3 rings (SSSR count). The molecule has 0 radical (unpaired) electrons. The maximum Gasteiger partial charge on any atom is 0.197 e. The van der Waals surface area contributed by atoms with E-state index < -0.39 is 0 Å². The standard InChI is InChI=1S/C20H16N4OS.C2H6/c1-14(22)24-20-19(25-16-5-3-2-4-6-16)11-18(13-23-20)26-17-9-7-15(12-21)8-10-17;1-2/h2-11,13H,1H3,(H2,22,23,24);1-2H3. The Labute approximate surface area is 169 Å². The summed E-state index contributed by atoms with van der Waals surface area (Å²) in [7, 11) is 0. The van der Waals surface area contributed by atoms with Gasteiger partial charge in [0, 0.05) is 22.1 Å². The predicted octanol–water partition coefficient (Wildman–Crippen LogP) is 5.93. The number of pyridine rings is 1. The van der Waals surface area contributed by atoms with Gasteiger partial charge in [0.1, 0.15) is 5.75 Å². The Hall–Kier alpha value is -3.30. The predicted molar refractivity (Wildman–Crippen MR) is 114 cm³/mol. The first-order valence-corrected chi connectivity index (χ1v) is 9.67. The molecular formula is C22H22N4OS. The number of benzene rings is 2. The Bertz CT molecular complexity index is 960. The maximum atomic E-state index is 8.89. The Morgan fingerprint density at radius 1 is 1.07 bits per heavy atom. The molecule has 0 spiro atoms. The van der Waals surface area contributed by atoms with Crippen LogP contribution in [0.15, 0.2) is 81.6 Å². The number of hydrogen-bond acceptors (Lipinski definition) is 5. The van der Waals surface area contributed by atoms with Crippen LogP contribution in [-0.4, -0.2) is 10.8 Å². The maximum absolute atomic E-state index is 8.89. The van der Waals surface area contributed by atoms with E-state index in [1.54, 1.807) is 25.3 Å². The molecule has 0 saturated heterocycles. The first-order valence-electron chi connectivity index (χ1n) is 8.86. The van der Waals surface area contributed by atoms with E-state index in [1.165, 1.54) is 11.8 Å². The number of aromatic nitrogens is 1. The van der Waals surface area contributed by atoms with Gasteiger partial charge in [-0.1, -0.05) is 43.8 Å². The molecule has 0 amide bonds. The van der Waals surface area contributed by atoms with E-state index in [-0.39, 0.29) is 0 Å². The minimum atomic E-state index is 0.405. The molecule has 0 bridgehead atoms. The molecule has 5 nitrogen and oxygen atoms in total. The number of para-hydroxylation sites is 1. The van der Waals surface area contributed by atoms with E-state index in [2.05, 4.69) is 16.0 Å². The van der Waals surface area contributed by atoms with Crippen LogP contribution in [0.3, 0.4) is 0 Å². The summed E-state index contributed by atoms with van der Waals surface area (Å²) in [5.41, 5.74) is 6.33. The fraction of sp³-hybridized carbons (Fsp3) is 0.136. The molecule has 28 heavy (non-hydrogen) atoms. The van der Waals surface area contributed by atoms with Crippen LogP contribution in [0.1, 0.15) is 26.3 Å². The summed E-state index contributed by atoms with van der Waals surface area (Å²) in [6, 6.07) is 20.8. The zero-order valence-electron chi connectivity index (χ0n) is 16.1. The Morgan fingerprint density at radius 2 is 1.75 bits per heavy atom. The third-order valence-electron chi connectivity index (χ3n) is 3.28. The van der Waals surface area contributed by atoms with Crippen molar-refractivity contribution in [3.63, 3.8) is 0 Å². The Kier molecular flexibility index (Phi) is 8.07. The van der Waals surface area contributed by atoms with Crippen molar-refractivity contribution in [1.29, 1.82) is 5.26 Å². The van der Waals surface area contributed by atoms with Crippen molar-refractivity contribution in [1.82, 2.24) is 4.98 Å². The van der Waals surface area contributed by atoms with Gasteiger partial charge in [-0.15, -0.1) is 0 Å². The van der Waals surface area contributed by atoms with E-state index in [4.69, 9.17) is 15.7 Å². The molecule has 1 aromatic heterocycles. The molecule has 1 heterocycles. The third kappa shape index (κ3) is 6.15. The minimum Gasteiger partial charge on any atom is -0.453 e. The Balaban J connectivity index is 0.00000136. The monoisotopic (exact) mass is 390 g/mol. The van der Waals surface area contributed by atoms with Crippen LogP contribution in [-0.2, 0) is 0 Å². The lowest BCUT2D eigenvalue weighted by Gasteiger charge is -2.10. The van der Waals surface area contributed by atoms with Crippen LogP contribution in [0.2, 0.25) is 0 Å². The molecule has 2 N–H and O–H groups in total. The van der Waals surface area contributed by atoms with Gasteiger partial charge in [-0.3, -0.25) is 0 Å². The smallest absolute Gasteiger partial charge is 0.197 e. The van der Waals surface area contributed by atoms with E-state index >= 15 is 0 Å². The summed E-state index contributed by atoms with van der Waals surface area (Å²) in [4.78, 5) is 10.5. The van der Waals surface area contributed by atoms with Crippen LogP contribution < -0.4 is 10.5 Å². The lowest BCUT2D eigenvalue weighted by molar-refractivity contribution is 0.480. The van der Waals surface area contributed by atoms with Gasteiger partial charge in [0.2, 0.25) is 0 Å². The second-order valence-corrected chi connectivity index (χ2v) is 6.55. The van der Waals surface area contributed by atoms with Gasteiger partial charge >= 0.3 is 0 Å². The topological polar surface area (TPSA) is 84.3 Å². The van der Waals surface area contributed by atoms with Crippen LogP contribution in [0.25, 0.3) is 0 Å². The molecule has 0 aliphatic rings. The van der Waals surface area contributed by atoms with Gasteiger partial charge in [0.25, 0.3) is 0 Å². The second kappa shape index (κ2) is 10.8. The van der Waals surface area contributed by atoms with E-state index in [1.807, 2.05) is 62.4 Å². The van der Waals surface area contributed by atoms with Crippen LogP contribution in [0, 0.1) is 11.3 Å². The lowest BCUT2D eigenvalue weighted by Crippen LogP contribution is -2.04. The highest BCUT2D eigenvalue weighted by Gasteiger charge is 2.09. The van der Waals surface area contributed by atoms with Gasteiger partial charge in [-0.2, -0.15) is 5.26 Å². The summed E-state index contributed by atoms with van der Waals surface area (Å²) in [5, 5.41) is 8.89. The second-order valence-electron chi connectivity index (χ2n) is 5.40. The van der Waals surface area contributed by atoms with Crippen molar-refractivity contribution in [3.05, 3.63) is 72.4 Å². The van der Waals surface area contributed by atoms with Crippen LogP contribution >= 0.6 is 11.8 Å². The summed E-state index contributed by atoms with van der Waals surface area (Å²) in [6.07, 6.45) is 1.72. The van der Waals surface area contributed by atoms with Crippen molar-refractivity contribution >= 4 is 23.4 Å². The number of nitriles is 1.